The number of benzene rings is 2. The molecule has 2 rings (SSSR count). The molecule has 0 aliphatic heterocycles. The average Bonchev–Trinajstić information content (AvgIpc) is 2.33. The van der Waals surface area contributed by atoms with E-state index in [9.17, 15) is 34.4 Å². The van der Waals surface area contributed by atoms with Gasteiger partial charge in [-0.05, 0) is 12.1 Å². The van der Waals surface area contributed by atoms with Gasteiger partial charge in [-0.25, -0.2) is 0 Å². The van der Waals surface area contributed by atoms with Crippen LogP contribution in [0, 0.1) is 0 Å². The van der Waals surface area contributed by atoms with Gasteiger partial charge in [0.05, 0.1) is 0 Å². The van der Waals surface area contributed by atoms with Gasteiger partial charge < -0.3 is 5.73 Å². The average molecular weight is 383 g/mol. The Labute approximate surface area is 130 Å². The molecule has 23 heavy (non-hydrogen) atoms. The highest BCUT2D eigenvalue weighted by Crippen LogP contribution is 2.37. The lowest BCUT2D eigenvalue weighted by molar-refractivity contribution is 0.457. The van der Waals surface area contributed by atoms with Crippen LogP contribution in [0.15, 0.2) is 39.0 Å². The SMILES string of the molecule is Nc1cccc2c(S(=O)(=O)O)c(S(=O)(=O)O)c(S(=O)(=O)O)cc12. The summed E-state index contributed by atoms with van der Waals surface area (Å²) in [6, 6.07) is 4.08. The maximum absolute atomic E-state index is 11.6. The molecule has 0 heterocycles. The molecule has 0 aliphatic carbocycles. The molecule has 0 atom stereocenters. The maximum atomic E-state index is 11.6. The molecule has 13 heteroatoms. The van der Waals surface area contributed by atoms with Crippen molar-refractivity contribution >= 4 is 46.8 Å². The Morgan fingerprint density at radius 3 is 1.70 bits per heavy atom. The Bertz CT molecular complexity index is 1130. The minimum atomic E-state index is -5.45. The van der Waals surface area contributed by atoms with Crippen LogP contribution in [0.2, 0.25) is 0 Å². The Hall–Kier alpha value is -1.77. The number of hydrogen-bond acceptors (Lipinski definition) is 7. The largest absolute Gasteiger partial charge is 0.398 e. The molecule has 0 spiro atoms. The van der Waals surface area contributed by atoms with Crippen LogP contribution < -0.4 is 5.73 Å². The van der Waals surface area contributed by atoms with E-state index in [2.05, 4.69) is 0 Å². The van der Waals surface area contributed by atoms with E-state index in [4.69, 9.17) is 10.3 Å². The van der Waals surface area contributed by atoms with Crippen molar-refractivity contribution in [3.63, 3.8) is 0 Å². The summed E-state index contributed by atoms with van der Waals surface area (Å²) < 4.78 is 96.5. The lowest BCUT2D eigenvalue weighted by Crippen LogP contribution is -2.15. The lowest BCUT2D eigenvalue weighted by atomic mass is 10.1. The van der Waals surface area contributed by atoms with E-state index in [0.717, 1.165) is 6.07 Å². The van der Waals surface area contributed by atoms with E-state index < -0.39 is 50.4 Å². The van der Waals surface area contributed by atoms with Gasteiger partial charge >= 0.3 is 0 Å². The van der Waals surface area contributed by atoms with Crippen molar-refractivity contribution in [2.24, 2.45) is 0 Å². The third-order valence-corrected chi connectivity index (χ3v) is 5.90. The smallest absolute Gasteiger partial charge is 0.297 e. The predicted octanol–water partition coefficient (Wildman–Crippen LogP) is 0.162. The predicted molar refractivity (Wildman–Crippen MR) is 77.8 cm³/mol. The van der Waals surface area contributed by atoms with Gasteiger partial charge in [-0.2, -0.15) is 25.3 Å². The molecule has 0 bridgehead atoms. The number of rotatable bonds is 3. The van der Waals surface area contributed by atoms with E-state index in [-0.39, 0.29) is 11.1 Å². The molecule has 10 nitrogen and oxygen atoms in total. The number of nitrogen functional groups attached to an aromatic ring is 1. The monoisotopic (exact) mass is 383 g/mol. The van der Waals surface area contributed by atoms with Crippen molar-refractivity contribution in [2.45, 2.75) is 14.7 Å². The highest BCUT2D eigenvalue weighted by molar-refractivity contribution is 7.90. The zero-order chi connectivity index (χ0) is 17.8. The number of anilines is 1. The van der Waals surface area contributed by atoms with Crippen LogP contribution in [0.3, 0.4) is 0 Å². The summed E-state index contributed by atoms with van der Waals surface area (Å²) in [5.74, 6) is 0. The minimum absolute atomic E-state index is 0.154. The molecular formula is C10H9NO9S3. The zero-order valence-electron chi connectivity index (χ0n) is 10.9. The molecule has 0 radical (unpaired) electrons. The summed E-state index contributed by atoms with van der Waals surface area (Å²) in [4.78, 5) is -4.50. The summed E-state index contributed by atoms with van der Waals surface area (Å²) >= 11 is 0. The molecule has 0 unspecified atom stereocenters. The van der Waals surface area contributed by atoms with Gasteiger partial charge in [0.15, 0.2) is 0 Å². The van der Waals surface area contributed by atoms with E-state index in [1.54, 1.807) is 0 Å². The third kappa shape index (κ3) is 3.15. The Morgan fingerprint density at radius 2 is 1.26 bits per heavy atom. The fourth-order valence-electron chi connectivity index (χ4n) is 2.06. The van der Waals surface area contributed by atoms with E-state index >= 15 is 0 Å². The first kappa shape index (κ1) is 17.6. The van der Waals surface area contributed by atoms with Crippen LogP contribution in [0.4, 0.5) is 5.69 Å². The normalized spacial score (nSPS) is 13.3. The van der Waals surface area contributed by atoms with Crippen LogP contribution in [0.25, 0.3) is 10.8 Å². The highest BCUT2D eigenvalue weighted by Gasteiger charge is 2.34. The second kappa shape index (κ2) is 5.12. The van der Waals surface area contributed by atoms with Crippen molar-refractivity contribution in [3.8, 4) is 0 Å². The second-order valence-electron chi connectivity index (χ2n) is 4.40. The Kier molecular flexibility index (Phi) is 3.91. The van der Waals surface area contributed by atoms with Gasteiger partial charge in [0.2, 0.25) is 0 Å². The molecule has 0 aliphatic rings. The molecular weight excluding hydrogens is 374 g/mol. The fraction of sp³-hybridized carbons (Fsp3) is 0. The van der Waals surface area contributed by atoms with E-state index in [1.807, 2.05) is 0 Å². The first-order valence-corrected chi connectivity index (χ1v) is 9.84. The standard InChI is InChI=1S/C10H9NO9S3/c11-7-3-1-2-5-6(7)4-8(21(12,13)14)10(23(18,19)20)9(5)22(15,16)17/h1-4H,11H2,(H,12,13,14)(H,15,16,17)(H,18,19,20). The maximum Gasteiger partial charge on any atom is 0.297 e. The number of fused-ring (bicyclic) bond motifs is 1. The molecule has 0 saturated heterocycles. The van der Waals surface area contributed by atoms with Crippen LogP contribution >= 0.6 is 0 Å². The zero-order valence-corrected chi connectivity index (χ0v) is 13.4. The van der Waals surface area contributed by atoms with Crippen molar-refractivity contribution in [2.75, 3.05) is 5.73 Å². The second-order valence-corrected chi connectivity index (χ2v) is 8.51. The third-order valence-electron chi connectivity index (χ3n) is 2.88. The van der Waals surface area contributed by atoms with Crippen LogP contribution in [-0.2, 0) is 30.4 Å². The Morgan fingerprint density at radius 1 is 0.739 bits per heavy atom. The molecule has 2 aromatic rings. The summed E-state index contributed by atoms with van der Waals surface area (Å²) in [7, 11) is -16.0. The van der Waals surface area contributed by atoms with Crippen molar-refractivity contribution in [1.82, 2.24) is 0 Å². The van der Waals surface area contributed by atoms with Crippen molar-refractivity contribution < 1.29 is 38.9 Å². The summed E-state index contributed by atoms with van der Waals surface area (Å²) in [6.45, 7) is 0. The molecule has 2 aromatic carbocycles. The van der Waals surface area contributed by atoms with Gasteiger partial charge in [0.25, 0.3) is 30.4 Å². The number of nitrogens with two attached hydrogens (primary N) is 1. The van der Waals surface area contributed by atoms with E-state index in [0.29, 0.717) is 6.07 Å². The van der Waals surface area contributed by atoms with E-state index in [1.165, 1.54) is 12.1 Å². The van der Waals surface area contributed by atoms with Gasteiger partial charge in [-0.3, -0.25) is 13.7 Å². The molecule has 0 fully saturated rings. The molecule has 0 aromatic heterocycles. The number of hydrogen-bond donors (Lipinski definition) is 4. The summed E-state index contributed by atoms with van der Waals surface area (Å²) in [6.07, 6.45) is 0. The molecule has 0 saturated carbocycles. The Balaban J connectivity index is 3.38. The molecule has 0 amide bonds. The highest BCUT2D eigenvalue weighted by atomic mass is 32.2. The summed E-state index contributed by atoms with van der Waals surface area (Å²) in [5, 5.41) is -0.715. The van der Waals surface area contributed by atoms with Gasteiger partial charge in [-0.15, -0.1) is 0 Å². The van der Waals surface area contributed by atoms with Crippen LogP contribution in [0.5, 0.6) is 0 Å². The van der Waals surface area contributed by atoms with Crippen LogP contribution in [-0.4, -0.2) is 38.9 Å². The van der Waals surface area contributed by atoms with Gasteiger partial charge in [0, 0.05) is 16.5 Å². The minimum Gasteiger partial charge on any atom is -0.398 e. The molecule has 126 valence electrons. The van der Waals surface area contributed by atoms with Crippen LogP contribution in [0.1, 0.15) is 0 Å². The van der Waals surface area contributed by atoms with Gasteiger partial charge in [-0.1, -0.05) is 12.1 Å². The quantitative estimate of drug-likeness (QED) is 0.419. The molecule has 5 N–H and O–H groups in total. The van der Waals surface area contributed by atoms with Gasteiger partial charge in [0.1, 0.15) is 14.7 Å². The summed E-state index contributed by atoms with van der Waals surface area (Å²) in [5.41, 5.74) is 5.42. The lowest BCUT2D eigenvalue weighted by Gasteiger charge is -2.13. The fourth-order valence-corrected chi connectivity index (χ4v) is 5.45. The first-order chi connectivity index (χ1) is 10.2. The van der Waals surface area contributed by atoms with Crippen molar-refractivity contribution in [1.29, 1.82) is 0 Å². The topological polar surface area (TPSA) is 189 Å². The first-order valence-electron chi connectivity index (χ1n) is 5.52. The van der Waals surface area contributed by atoms with Crippen molar-refractivity contribution in [3.05, 3.63) is 24.3 Å².